The first kappa shape index (κ1) is 18.4. The maximum atomic E-state index is 14.0. The van der Waals surface area contributed by atoms with Crippen LogP contribution >= 0.6 is 0 Å². The fourth-order valence-corrected chi connectivity index (χ4v) is 2.03. The molecule has 2 aromatic carbocycles. The topological polar surface area (TPSA) is 82.8 Å². The van der Waals surface area contributed by atoms with E-state index in [1.54, 1.807) is 24.3 Å². The van der Waals surface area contributed by atoms with Gasteiger partial charge in [0.15, 0.2) is 17.2 Å². The lowest BCUT2D eigenvalue weighted by atomic mass is 10.2. The van der Waals surface area contributed by atoms with E-state index in [2.05, 4.69) is 5.32 Å². The van der Waals surface area contributed by atoms with Crippen LogP contribution in [0.2, 0.25) is 0 Å². The smallest absolute Gasteiger partial charge is 0.411 e. The van der Waals surface area contributed by atoms with E-state index in [9.17, 15) is 9.18 Å². The Balaban J connectivity index is 2.18. The van der Waals surface area contributed by atoms with Crippen LogP contribution in [0, 0.1) is 5.82 Å². The Hall–Kier alpha value is -2.96. The van der Waals surface area contributed by atoms with Gasteiger partial charge in [0.1, 0.15) is 5.82 Å². The molecule has 3 N–H and O–H groups in total. The van der Waals surface area contributed by atoms with Gasteiger partial charge in [-0.2, -0.15) is 0 Å². The third kappa shape index (κ3) is 5.00. The second-order valence-corrected chi connectivity index (χ2v) is 5.24. The van der Waals surface area contributed by atoms with E-state index in [4.69, 9.17) is 19.9 Å². The molecule has 0 saturated heterocycles. The molecule has 0 aliphatic carbocycles. The number of nitrogens with two attached hydrogens (primary N) is 1. The summed E-state index contributed by atoms with van der Waals surface area (Å²) in [6, 6.07) is 9.35. The van der Waals surface area contributed by atoms with Gasteiger partial charge in [-0.15, -0.1) is 0 Å². The highest BCUT2D eigenvalue weighted by Gasteiger charge is 2.14. The van der Waals surface area contributed by atoms with Crippen molar-refractivity contribution in [2.24, 2.45) is 0 Å². The summed E-state index contributed by atoms with van der Waals surface area (Å²) in [6.45, 7) is 2.24. The van der Waals surface area contributed by atoms with Crippen molar-refractivity contribution in [1.29, 1.82) is 0 Å². The minimum atomic E-state index is -0.736. The Morgan fingerprint density at radius 1 is 1.20 bits per heavy atom. The third-order valence-electron chi connectivity index (χ3n) is 3.36. The largest absolute Gasteiger partial charge is 0.493 e. The number of para-hydroxylation sites is 2. The summed E-state index contributed by atoms with van der Waals surface area (Å²) in [6.07, 6.45) is 0.889. The number of anilines is 2. The quantitative estimate of drug-likeness (QED) is 0.566. The number of ether oxygens (including phenoxy) is 3. The van der Waals surface area contributed by atoms with Crippen LogP contribution in [0.5, 0.6) is 17.2 Å². The van der Waals surface area contributed by atoms with E-state index in [0.717, 1.165) is 18.9 Å². The minimum Gasteiger partial charge on any atom is -0.493 e. The van der Waals surface area contributed by atoms with Gasteiger partial charge in [-0.1, -0.05) is 25.5 Å². The monoisotopic (exact) mass is 348 g/mol. The summed E-state index contributed by atoms with van der Waals surface area (Å²) in [4.78, 5) is 11.7. The number of halogens is 1. The number of unbranched alkanes of at least 4 members (excludes halogenated alkanes) is 1. The first-order valence-electron chi connectivity index (χ1n) is 7.88. The summed E-state index contributed by atoms with van der Waals surface area (Å²) in [5, 5.41) is 2.35. The Kier molecular flexibility index (Phi) is 6.45. The van der Waals surface area contributed by atoms with E-state index in [1.165, 1.54) is 13.2 Å². The van der Waals surface area contributed by atoms with Gasteiger partial charge in [0.05, 0.1) is 25.1 Å². The van der Waals surface area contributed by atoms with Crippen LogP contribution in [-0.2, 0) is 4.74 Å². The zero-order valence-corrected chi connectivity index (χ0v) is 14.2. The SMILES string of the molecule is CCCCOC(=O)Nc1cc(Oc2ccccc2OC)c(N)cc1F. The van der Waals surface area contributed by atoms with Crippen LogP contribution in [0.25, 0.3) is 0 Å². The van der Waals surface area contributed by atoms with Gasteiger partial charge < -0.3 is 19.9 Å². The van der Waals surface area contributed by atoms with Gasteiger partial charge in [-0.05, 0) is 18.6 Å². The number of amides is 1. The van der Waals surface area contributed by atoms with Crippen molar-refractivity contribution < 1.29 is 23.4 Å². The molecule has 2 aromatic rings. The van der Waals surface area contributed by atoms with Gasteiger partial charge in [-0.3, -0.25) is 5.32 Å². The van der Waals surface area contributed by atoms with Crippen molar-refractivity contribution in [3.8, 4) is 17.2 Å². The molecule has 2 rings (SSSR count). The molecule has 0 unspecified atom stereocenters. The zero-order valence-electron chi connectivity index (χ0n) is 14.2. The molecule has 6 nitrogen and oxygen atoms in total. The molecule has 0 aliphatic rings. The first-order valence-corrected chi connectivity index (χ1v) is 7.88. The Labute approximate surface area is 145 Å². The van der Waals surface area contributed by atoms with Gasteiger partial charge in [0.2, 0.25) is 0 Å². The number of nitrogen functional groups attached to an aromatic ring is 1. The Morgan fingerprint density at radius 2 is 1.92 bits per heavy atom. The third-order valence-corrected chi connectivity index (χ3v) is 3.36. The molecule has 0 fully saturated rings. The summed E-state index contributed by atoms with van der Waals surface area (Å²) < 4.78 is 29.9. The number of benzene rings is 2. The van der Waals surface area contributed by atoms with Gasteiger partial charge in [0, 0.05) is 12.1 Å². The standard InChI is InChI=1S/C18H21FN2O4/c1-3-4-9-24-18(22)21-14-11-17(13(20)10-12(14)19)25-16-8-6-5-7-15(16)23-2/h5-8,10-11H,3-4,9,20H2,1-2H3,(H,21,22). The molecule has 7 heteroatoms. The van der Waals surface area contributed by atoms with Crippen molar-refractivity contribution in [3.05, 3.63) is 42.2 Å². The average Bonchev–Trinajstić information content (AvgIpc) is 2.59. The van der Waals surface area contributed by atoms with Gasteiger partial charge >= 0.3 is 6.09 Å². The molecular weight excluding hydrogens is 327 g/mol. The molecular formula is C18H21FN2O4. The molecule has 25 heavy (non-hydrogen) atoms. The maximum absolute atomic E-state index is 14.0. The Morgan fingerprint density at radius 3 is 2.60 bits per heavy atom. The fourth-order valence-electron chi connectivity index (χ4n) is 2.03. The predicted molar refractivity (Wildman–Crippen MR) is 93.8 cm³/mol. The molecule has 134 valence electrons. The molecule has 0 aliphatic heterocycles. The van der Waals surface area contributed by atoms with Crippen molar-refractivity contribution in [2.75, 3.05) is 24.8 Å². The van der Waals surface area contributed by atoms with E-state index >= 15 is 0 Å². The van der Waals surface area contributed by atoms with Crippen molar-refractivity contribution in [2.45, 2.75) is 19.8 Å². The highest BCUT2D eigenvalue weighted by molar-refractivity contribution is 5.85. The summed E-state index contributed by atoms with van der Waals surface area (Å²) in [7, 11) is 1.51. The number of methoxy groups -OCH3 is 1. The summed E-state index contributed by atoms with van der Waals surface area (Å²) >= 11 is 0. The Bertz CT molecular complexity index is 737. The lowest BCUT2D eigenvalue weighted by molar-refractivity contribution is 0.160. The van der Waals surface area contributed by atoms with Crippen LogP contribution in [0.1, 0.15) is 19.8 Å². The molecule has 0 aromatic heterocycles. The summed E-state index contributed by atoms with van der Waals surface area (Å²) in [5.74, 6) is 0.423. The highest BCUT2D eigenvalue weighted by Crippen LogP contribution is 2.36. The van der Waals surface area contributed by atoms with E-state index < -0.39 is 11.9 Å². The van der Waals surface area contributed by atoms with Crippen molar-refractivity contribution >= 4 is 17.5 Å². The van der Waals surface area contributed by atoms with Crippen molar-refractivity contribution in [1.82, 2.24) is 0 Å². The van der Waals surface area contributed by atoms with Crippen molar-refractivity contribution in [3.63, 3.8) is 0 Å². The molecule has 0 saturated carbocycles. The van der Waals surface area contributed by atoms with Crippen LogP contribution in [-0.4, -0.2) is 19.8 Å². The number of carbonyl (C=O) groups is 1. The van der Waals surface area contributed by atoms with Gasteiger partial charge in [0.25, 0.3) is 0 Å². The molecule has 1 amide bonds. The number of hydrogen-bond acceptors (Lipinski definition) is 5. The molecule has 0 atom stereocenters. The normalized spacial score (nSPS) is 10.2. The lowest BCUT2D eigenvalue weighted by Crippen LogP contribution is -2.15. The van der Waals surface area contributed by atoms with Crippen LogP contribution < -0.4 is 20.5 Å². The number of rotatable bonds is 7. The zero-order chi connectivity index (χ0) is 18.2. The number of nitrogens with one attached hydrogen (secondary N) is 1. The van der Waals surface area contributed by atoms with Gasteiger partial charge in [-0.25, -0.2) is 9.18 Å². The fraction of sp³-hybridized carbons (Fsp3) is 0.278. The molecule has 0 bridgehead atoms. The number of carbonyl (C=O) groups excluding carboxylic acids is 1. The first-order chi connectivity index (χ1) is 12.0. The second kappa shape index (κ2) is 8.77. The van der Waals surface area contributed by atoms with Crippen LogP contribution in [0.4, 0.5) is 20.6 Å². The molecule has 0 radical (unpaired) electrons. The second-order valence-electron chi connectivity index (χ2n) is 5.24. The molecule has 0 spiro atoms. The van der Waals surface area contributed by atoms with E-state index in [1.807, 2.05) is 6.92 Å². The van der Waals surface area contributed by atoms with E-state index in [0.29, 0.717) is 11.5 Å². The minimum absolute atomic E-state index is 0.0828. The maximum Gasteiger partial charge on any atom is 0.411 e. The van der Waals surface area contributed by atoms with E-state index in [-0.39, 0.29) is 23.7 Å². The average molecular weight is 348 g/mol. The number of hydrogen-bond donors (Lipinski definition) is 2. The van der Waals surface area contributed by atoms with Crippen LogP contribution in [0.3, 0.4) is 0 Å². The molecule has 0 heterocycles. The summed E-state index contributed by atoms with van der Waals surface area (Å²) in [5.41, 5.74) is 5.82. The predicted octanol–water partition coefficient (Wildman–Crippen LogP) is 4.56. The van der Waals surface area contributed by atoms with Crippen LogP contribution in [0.15, 0.2) is 36.4 Å². The lowest BCUT2D eigenvalue weighted by Gasteiger charge is -2.14. The highest BCUT2D eigenvalue weighted by atomic mass is 19.1.